The number of piperazine rings is 1. The molecule has 0 saturated carbocycles. The van der Waals surface area contributed by atoms with Gasteiger partial charge in [0.25, 0.3) is 5.91 Å². The number of rotatable bonds is 3. The number of aryl methyl sites for hydroxylation is 1. The standard InChI is InChI=1S/C19H27N5O2/c1-14-18-20-12-16(13-22-7-5-21(3)6-8-22)24(18)10-9-23(14)19(25)17-4-11-26-15(17)2/h4,11-12,14H,5-10,13H2,1-3H3/t14-/m1/s1. The summed E-state index contributed by atoms with van der Waals surface area (Å²) in [6.07, 6.45) is 3.56. The Morgan fingerprint density at radius 2 is 2.00 bits per heavy atom. The van der Waals surface area contributed by atoms with Gasteiger partial charge in [-0.2, -0.15) is 0 Å². The lowest BCUT2D eigenvalue weighted by Gasteiger charge is -2.35. The van der Waals surface area contributed by atoms with Crippen molar-refractivity contribution in [1.82, 2.24) is 24.3 Å². The van der Waals surface area contributed by atoms with Crippen molar-refractivity contribution in [2.45, 2.75) is 33.0 Å². The van der Waals surface area contributed by atoms with Gasteiger partial charge in [0.2, 0.25) is 0 Å². The Hall–Kier alpha value is -2.12. The van der Waals surface area contributed by atoms with Gasteiger partial charge in [-0.05, 0) is 27.0 Å². The molecule has 1 amide bonds. The Balaban J connectivity index is 1.49. The number of amides is 1. The van der Waals surface area contributed by atoms with Gasteiger partial charge in [-0.1, -0.05) is 0 Å². The summed E-state index contributed by atoms with van der Waals surface area (Å²) in [5.41, 5.74) is 1.90. The van der Waals surface area contributed by atoms with Gasteiger partial charge in [-0.15, -0.1) is 0 Å². The Morgan fingerprint density at radius 1 is 1.23 bits per heavy atom. The van der Waals surface area contributed by atoms with E-state index in [-0.39, 0.29) is 11.9 Å². The Bertz CT molecular complexity index is 788. The zero-order valence-electron chi connectivity index (χ0n) is 15.8. The summed E-state index contributed by atoms with van der Waals surface area (Å²) < 4.78 is 7.60. The smallest absolute Gasteiger partial charge is 0.258 e. The van der Waals surface area contributed by atoms with E-state index in [4.69, 9.17) is 4.42 Å². The molecule has 0 aliphatic carbocycles. The molecule has 1 atom stereocenters. The molecule has 2 aromatic heterocycles. The molecule has 140 valence electrons. The molecular formula is C19H27N5O2. The number of hydrogen-bond acceptors (Lipinski definition) is 5. The maximum atomic E-state index is 12.9. The highest BCUT2D eigenvalue weighted by atomic mass is 16.3. The number of likely N-dealkylation sites (N-methyl/N-ethyl adjacent to an activating group) is 1. The molecule has 0 unspecified atom stereocenters. The average molecular weight is 357 g/mol. The van der Waals surface area contributed by atoms with E-state index in [1.54, 1.807) is 12.3 Å². The molecule has 7 nitrogen and oxygen atoms in total. The normalized spacial score (nSPS) is 21.8. The summed E-state index contributed by atoms with van der Waals surface area (Å²) in [7, 11) is 2.17. The zero-order chi connectivity index (χ0) is 18.3. The molecule has 2 aliphatic heterocycles. The molecule has 0 aromatic carbocycles. The number of nitrogens with zero attached hydrogens (tertiary/aromatic N) is 5. The third-order valence-corrected chi connectivity index (χ3v) is 5.71. The fourth-order valence-corrected chi connectivity index (χ4v) is 3.96. The molecule has 1 fully saturated rings. The molecule has 2 aliphatic rings. The highest BCUT2D eigenvalue weighted by Gasteiger charge is 2.32. The molecule has 0 radical (unpaired) electrons. The van der Waals surface area contributed by atoms with E-state index in [1.165, 1.54) is 5.69 Å². The van der Waals surface area contributed by atoms with E-state index in [1.807, 2.05) is 18.0 Å². The summed E-state index contributed by atoms with van der Waals surface area (Å²) in [6.45, 7) is 10.7. The second kappa shape index (κ2) is 6.89. The van der Waals surface area contributed by atoms with Crippen LogP contribution in [0.15, 0.2) is 22.9 Å². The minimum atomic E-state index is -0.0354. The monoisotopic (exact) mass is 357 g/mol. The molecule has 7 heteroatoms. The first-order chi connectivity index (χ1) is 12.5. The molecular weight excluding hydrogens is 330 g/mol. The van der Waals surface area contributed by atoms with E-state index < -0.39 is 0 Å². The van der Waals surface area contributed by atoms with Crippen molar-refractivity contribution < 1.29 is 9.21 Å². The van der Waals surface area contributed by atoms with Crippen molar-refractivity contribution >= 4 is 5.91 Å². The van der Waals surface area contributed by atoms with Crippen molar-refractivity contribution in [3.8, 4) is 0 Å². The van der Waals surface area contributed by atoms with E-state index in [0.717, 1.165) is 45.1 Å². The van der Waals surface area contributed by atoms with Crippen LogP contribution in [0, 0.1) is 6.92 Å². The van der Waals surface area contributed by atoms with Crippen LogP contribution in [-0.2, 0) is 13.1 Å². The summed E-state index contributed by atoms with van der Waals surface area (Å²) >= 11 is 0. The molecule has 4 rings (SSSR count). The Morgan fingerprint density at radius 3 is 2.69 bits per heavy atom. The van der Waals surface area contributed by atoms with Gasteiger partial charge < -0.3 is 18.8 Å². The minimum absolute atomic E-state index is 0.0265. The molecule has 0 N–H and O–H groups in total. The first kappa shape index (κ1) is 17.3. The highest BCUT2D eigenvalue weighted by molar-refractivity contribution is 5.95. The van der Waals surface area contributed by atoms with Gasteiger partial charge >= 0.3 is 0 Å². The largest absolute Gasteiger partial charge is 0.469 e. The molecule has 4 heterocycles. The van der Waals surface area contributed by atoms with Crippen LogP contribution < -0.4 is 0 Å². The zero-order valence-corrected chi connectivity index (χ0v) is 15.8. The average Bonchev–Trinajstić information content (AvgIpc) is 3.24. The number of fused-ring (bicyclic) bond motifs is 1. The van der Waals surface area contributed by atoms with Crippen LogP contribution in [-0.4, -0.2) is 69.9 Å². The van der Waals surface area contributed by atoms with Gasteiger partial charge in [0, 0.05) is 52.0 Å². The van der Waals surface area contributed by atoms with Crippen molar-refractivity contribution in [3.05, 3.63) is 41.4 Å². The minimum Gasteiger partial charge on any atom is -0.469 e. The van der Waals surface area contributed by atoms with Gasteiger partial charge in [0.05, 0.1) is 23.6 Å². The summed E-state index contributed by atoms with van der Waals surface area (Å²) in [4.78, 5) is 24.3. The fraction of sp³-hybridized carbons (Fsp3) is 0.579. The van der Waals surface area contributed by atoms with Crippen molar-refractivity contribution in [2.24, 2.45) is 0 Å². The third kappa shape index (κ3) is 3.05. The number of furan rings is 1. The van der Waals surface area contributed by atoms with Gasteiger partial charge in [0.1, 0.15) is 11.6 Å². The predicted octanol–water partition coefficient (Wildman–Crippen LogP) is 1.75. The summed E-state index contributed by atoms with van der Waals surface area (Å²) in [5, 5.41) is 0. The lowest BCUT2D eigenvalue weighted by atomic mass is 10.1. The first-order valence-electron chi connectivity index (χ1n) is 9.35. The Kier molecular flexibility index (Phi) is 4.58. The van der Waals surface area contributed by atoms with Crippen LogP contribution in [0.2, 0.25) is 0 Å². The van der Waals surface area contributed by atoms with E-state index in [9.17, 15) is 4.79 Å². The van der Waals surface area contributed by atoms with Crippen molar-refractivity contribution in [1.29, 1.82) is 0 Å². The fourth-order valence-electron chi connectivity index (χ4n) is 3.96. The van der Waals surface area contributed by atoms with E-state index in [0.29, 0.717) is 17.9 Å². The van der Waals surface area contributed by atoms with Crippen LogP contribution in [0.4, 0.5) is 0 Å². The van der Waals surface area contributed by atoms with E-state index in [2.05, 4.69) is 33.3 Å². The second-order valence-electron chi connectivity index (χ2n) is 7.40. The van der Waals surface area contributed by atoms with Gasteiger partial charge in [-0.3, -0.25) is 9.69 Å². The van der Waals surface area contributed by atoms with E-state index >= 15 is 0 Å². The SMILES string of the molecule is Cc1occc1C(=O)N1CCn2c(CN3CCN(C)CC3)cnc2[C@H]1C. The van der Waals surface area contributed by atoms with Crippen LogP contribution in [0.25, 0.3) is 0 Å². The first-order valence-corrected chi connectivity index (χ1v) is 9.35. The quantitative estimate of drug-likeness (QED) is 0.838. The molecule has 0 bridgehead atoms. The van der Waals surface area contributed by atoms with Gasteiger partial charge in [0.15, 0.2) is 0 Å². The second-order valence-corrected chi connectivity index (χ2v) is 7.40. The molecule has 2 aromatic rings. The lowest BCUT2D eigenvalue weighted by molar-refractivity contribution is 0.0632. The van der Waals surface area contributed by atoms with Crippen LogP contribution >= 0.6 is 0 Å². The number of hydrogen-bond donors (Lipinski definition) is 0. The van der Waals surface area contributed by atoms with Crippen LogP contribution in [0.1, 0.15) is 40.6 Å². The topological polar surface area (TPSA) is 57.8 Å². The number of imidazole rings is 1. The van der Waals surface area contributed by atoms with Crippen molar-refractivity contribution in [3.63, 3.8) is 0 Å². The van der Waals surface area contributed by atoms with Crippen molar-refractivity contribution in [2.75, 3.05) is 39.8 Å². The summed E-state index contributed by atoms with van der Waals surface area (Å²) in [6, 6.07) is 1.72. The maximum Gasteiger partial charge on any atom is 0.258 e. The van der Waals surface area contributed by atoms with Gasteiger partial charge in [-0.25, -0.2) is 4.98 Å². The van der Waals surface area contributed by atoms with Crippen LogP contribution in [0.5, 0.6) is 0 Å². The summed E-state index contributed by atoms with van der Waals surface area (Å²) in [5.74, 6) is 1.68. The number of aromatic nitrogens is 2. The molecule has 1 saturated heterocycles. The number of carbonyl (C=O) groups excluding carboxylic acids is 1. The predicted molar refractivity (Wildman–Crippen MR) is 97.9 cm³/mol. The maximum absolute atomic E-state index is 12.9. The Labute approximate surface area is 154 Å². The molecule has 0 spiro atoms. The molecule has 26 heavy (non-hydrogen) atoms. The number of carbonyl (C=O) groups is 1. The highest BCUT2D eigenvalue weighted by Crippen LogP contribution is 2.28. The third-order valence-electron chi connectivity index (χ3n) is 5.71. The lowest BCUT2D eigenvalue weighted by Crippen LogP contribution is -2.45. The van der Waals surface area contributed by atoms with Crippen LogP contribution in [0.3, 0.4) is 0 Å².